The first-order chi connectivity index (χ1) is 7.87. The summed E-state index contributed by atoms with van der Waals surface area (Å²) in [5.74, 6) is -0.833. The molecule has 2 aliphatic rings. The molecule has 0 saturated carbocycles. The Labute approximate surface area is 102 Å². The smallest absolute Gasteiger partial charge is 0.334 e. The number of β-lactam (4-membered cyclic amide) rings is 1. The summed E-state index contributed by atoms with van der Waals surface area (Å²) in [6, 6.07) is -0.794. The minimum atomic E-state index is -1.34. The normalized spacial score (nSPS) is 38.6. The van der Waals surface area contributed by atoms with Crippen molar-refractivity contribution in [1.29, 1.82) is 0 Å². The van der Waals surface area contributed by atoms with E-state index in [-0.39, 0.29) is 5.91 Å². The first kappa shape index (κ1) is 12.7. The third kappa shape index (κ3) is 1.42. The van der Waals surface area contributed by atoms with Crippen LogP contribution in [0, 0.1) is 0 Å². The van der Waals surface area contributed by atoms with Gasteiger partial charge in [-0.05, 0) is 25.0 Å². The minimum Gasteiger partial charge on any atom is -0.614 e. The predicted molar refractivity (Wildman–Crippen MR) is 59.5 cm³/mol. The lowest BCUT2D eigenvalue weighted by molar-refractivity contribution is -0.173. The van der Waals surface area contributed by atoms with Gasteiger partial charge in [0.1, 0.15) is 0 Å². The van der Waals surface area contributed by atoms with E-state index < -0.39 is 39.4 Å². The van der Waals surface area contributed by atoms with Gasteiger partial charge >= 0.3 is 5.97 Å². The van der Waals surface area contributed by atoms with Gasteiger partial charge in [-0.1, -0.05) is 0 Å². The summed E-state index contributed by atoms with van der Waals surface area (Å²) < 4.78 is 21.1. The zero-order chi connectivity index (χ0) is 13.0. The molecule has 0 aliphatic carbocycles. The van der Waals surface area contributed by atoms with Crippen LogP contribution in [-0.4, -0.2) is 57.8 Å². The Hall–Kier alpha value is -0.790. The topological polar surface area (TPSA) is 78.9 Å². The first-order valence-electron chi connectivity index (χ1n) is 5.21. The molecule has 0 bridgehead atoms. The Morgan fingerprint density at radius 1 is 1.47 bits per heavy atom. The van der Waals surface area contributed by atoms with Gasteiger partial charge in [-0.25, -0.2) is 4.79 Å². The molecule has 2 aliphatic heterocycles. The SMILES string of the molecule is COC(=O)[C@@H]1N2C(=O)[C@H](OC)[C@H]2[S+]([O-])C1(C)C. The number of hydrogen-bond donors (Lipinski definition) is 0. The number of carbonyl (C=O) groups excluding carboxylic acids is 2. The van der Waals surface area contributed by atoms with E-state index in [2.05, 4.69) is 4.74 Å². The fourth-order valence-corrected chi connectivity index (χ4v) is 4.37. The lowest BCUT2D eigenvalue weighted by Crippen LogP contribution is -2.67. The zero-order valence-electron chi connectivity index (χ0n) is 10.1. The summed E-state index contributed by atoms with van der Waals surface area (Å²) in [4.78, 5) is 24.8. The van der Waals surface area contributed by atoms with Crippen LogP contribution in [0.4, 0.5) is 0 Å². The molecular weight excluding hydrogens is 246 g/mol. The Kier molecular flexibility index (Phi) is 2.87. The van der Waals surface area contributed by atoms with Crippen molar-refractivity contribution in [3.63, 3.8) is 0 Å². The van der Waals surface area contributed by atoms with E-state index in [4.69, 9.17) is 4.74 Å². The molecule has 0 radical (unpaired) electrons. The maximum atomic E-state index is 12.3. The van der Waals surface area contributed by atoms with E-state index in [9.17, 15) is 14.1 Å². The average Bonchev–Trinajstić information content (AvgIpc) is 2.46. The van der Waals surface area contributed by atoms with Crippen LogP contribution in [0.5, 0.6) is 0 Å². The molecule has 7 heteroatoms. The summed E-state index contributed by atoms with van der Waals surface area (Å²) in [7, 11) is 2.66. The molecule has 0 aromatic rings. The highest BCUT2D eigenvalue weighted by molar-refractivity contribution is 7.94. The fourth-order valence-electron chi connectivity index (χ4n) is 2.43. The highest BCUT2D eigenvalue weighted by Gasteiger charge is 2.73. The number of rotatable bonds is 2. The van der Waals surface area contributed by atoms with Gasteiger partial charge in [-0.2, -0.15) is 0 Å². The Morgan fingerprint density at radius 3 is 2.53 bits per heavy atom. The van der Waals surface area contributed by atoms with Gasteiger partial charge in [0.2, 0.25) is 11.5 Å². The highest BCUT2D eigenvalue weighted by atomic mass is 32.2. The summed E-state index contributed by atoms with van der Waals surface area (Å²) in [5, 5.41) is -0.536. The average molecular weight is 261 g/mol. The second-order valence-electron chi connectivity index (χ2n) is 4.62. The second kappa shape index (κ2) is 3.86. The summed E-state index contributed by atoms with van der Waals surface area (Å²) in [6.45, 7) is 3.39. The molecule has 0 N–H and O–H groups in total. The van der Waals surface area contributed by atoms with Gasteiger partial charge in [-0.3, -0.25) is 9.69 Å². The number of hydrogen-bond acceptors (Lipinski definition) is 5. The van der Waals surface area contributed by atoms with Crippen molar-refractivity contribution in [2.75, 3.05) is 14.2 Å². The van der Waals surface area contributed by atoms with Crippen LogP contribution in [0.25, 0.3) is 0 Å². The first-order valence-corrected chi connectivity index (χ1v) is 6.42. The van der Waals surface area contributed by atoms with Crippen molar-refractivity contribution >= 4 is 23.1 Å². The van der Waals surface area contributed by atoms with E-state index in [1.165, 1.54) is 19.1 Å². The number of esters is 1. The van der Waals surface area contributed by atoms with Crippen molar-refractivity contribution in [2.24, 2.45) is 0 Å². The molecule has 1 amide bonds. The quantitative estimate of drug-likeness (QED) is 0.371. The summed E-state index contributed by atoms with van der Waals surface area (Å²) >= 11 is -1.34. The second-order valence-corrected chi connectivity index (χ2v) is 6.75. The highest BCUT2D eigenvalue weighted by Crippen LogP contribution is 2.46. The van der Waals surface area contributed by atoms with Crippen LogP contribution < -0.4 is 0 Å². The van der Waals surface area contributed by atoms with E-state index in [0.717, 1.165) is 0 Å². The van der Waals surface area contributed by atoms with Crippen LogP contribution in [0.15, 0.2) is 0 Å². The molecule has 0 spiro atoms. The van der Waals surface area contributed by atoms with Gasteiger partial charge < -0.3 is 14.0 Å². The van der Waals surface area contributed by atoms with Gasteiger partial charge in [0, 0.05) is 7.11 Å². The number of fused-ring (bicyclic) bond motifs is 1. The van der Waals surface area contributed by atoms with E-state index >= 15 is 0 Å². The van der Waals surface area contributed by atoms with Crippen molar-refractivity contribution in [2.45, 2.75) is 36.1 Å². The molecule has 1 unspecified atom stereocenters. The van der Waals surface area contributed by atoms with Crippen molar-refractivity contribution in [1.82, 2.24) is 4.90 Å². The third-order valence-corrected chi connectivity index (χ3v) is 5.56. The molecule has 2 fully saturated rings. The summed E-state index contributed by atoms with van der Waals surface area (Å²) in [6.07, 6.45) is -0.704. The van der Waals surface area contributed by atoms with Crippen LogP contribution in [0.3, 0.4) is 0 Å². The van der Waals surface area contributed by atoms with Crippen LogP contribution in [0.2, 0.25) is 0 Å². The lowest BCUT2D eigenvalue weighted by atomic mass is 9.97. The van der Waals surface area contributed by atoms with Gasteiger partial charge in [-0.15, -0.1) is 0 Å². The van der Waals surface area contributed by atoms with E-state index in [1.54, 1.807) is 13.8 Å². The van der Waals surface area contributed by atoms with E-state index in [0.29, 0.717) is 0 Å². The fraction of sp³-hybridized carbons (Fsp3) is 0.800. The number of ether oxygens (including phenoxy) is 2. The molecule has 2 saturated heterocycles. The largest absolute Gasteiger partial charge is 0.614 e. The van der Waals surface area contributed by atoms with Gasteiger partial charge in [0.05, 0.1) is 7.11 Å². The third-order valence-electron chi connectivity index (χ3n) is 3.38. The Morgan fingerprint density at radius 2 is 2.06 bits per heavy atom. The Balaban J connectivity index is 2.35. The summed E-state index contributed by atoms with van der Waals surface area (Å²) in [5.41, 5.74) is 0. The van der Waals surface area contributed by atoms with Crippen LogP contribution in [-0.2, 0) is 30.2 Å². The monoisotopic (exact) mass is 261 g/mol. The zero-order valence-corrected chi connectivity index (χ0v) is 10.9. The number of carbonyl (C=O) groups is 2. The van der Waals surface area contributed by atoms with Gasteiger partial charge in [0.25, 0.3) is 5.91 Å². The Bertz CT molecular complexity index is 372. The molecule has 17 heavy (non-hydrogen) atoms. The molecule has 2 rings (SSSR count). The van der Waals surface area contributed by atoms with Crippen molar-refractivity contribution in [3.8, 4) is 0 Å². The predicted octanol–water partition coefficient (Wildman–Crippen LogP) is -0.748. The maximum absolute atomic E-state index is 12.3. The number of methoxy groups -OCH3 is 2. The van der Waals surface area contributed by atoms with Gasteiger partial charge in [0.15, 0.2) is 10.8 Å². The molecule has 2 heterocycles. The number of nitrogens with zero attached hydrogens (tertiary/aromatic N) is 1. The molecule has 6 nitrogen and oxygen atoms in total. The standard InChI is InChI=1S/C10H15NO5S/c1-10(2)6(9(13)16-4)11-7(12)5(15-3)8(11)17(10)14/h5-6,8H,1-4H3/t5-,6-,8+,17?/m0/s1. The van der Waals surface area contributed by atoms with Crippen molar-refractivity contribution < 1.29 is 23.6 Å². The van der Waals surface area contributed by atoms with Crippen LogP contribution in [0.1, 0.15) is 13.8 Å². The van der Waals surface area contributed by atoms with E-state index in [1.807, 2.05) is 0 Å². The molecule has 4 atom stereocenters. The molecular formula is C10H15NO5S. The van der Waals surface area contributed by atoms with Crippen LogP contribution >= 0.6 is 0 Å². The maximum Gasteiger partial charge on any atom is 0.334 e. The molecule has 0 aromatic carbocycles. The number of amides is 1. The van der Waals surface area contributed by atoms with Crippen molar-refractivity contribution in [3.05, 3.63) is 0 Å². The molecule has 96 valence electrons. The minimum absolute atomic E-state index is 0.299. The molecule has 0 aromatic heterocycles. The lowest BCUT2D eigenvalue weighted by Gasteiger charge is -2.39.